The fourth-order valence-corrected chi connectivity index (χ4v) is 4.32. The van der Waals surface area contributed by atoms with Gasteiger partial charge in [-0.25, -0.2) is 13.0 Å². The first-order chi connectivity index (χ1) is 13.2. The van der Waals surface area contributed by atoms with E-state index in [1.807, 2.05) is 4.90 Å². The maximum atomic E-state index is 12.7. The van der Waals surface area contributed by atoms with Crippen molar-refractivity contribution in [2.75, 3.05) is 41.1 Å². The fraction of sp³-hybridized carbons (Fsp3) is 0.438. The largest absolute Gasteiger partial charge is 0.434 e. The van der Waals surface area contributed by atoms with Gasteiger partial charge in [0.15, 0.2) is 0 Å². The second-order valence-corrected chi connectivity index (χ2v) is 8.73. The van der Waals surface area contributed by atoms with Crippen LogP contribution in [0.15, 0.2) is 30.5 Å². The van der Waals surface area contributed by atoms with Crippen LogP contribution in [0.5, 0.6) is 0 Å². The van der Waals surface area contributed by atoms with Crippen molar-refractivity contribution in [3.63, 3.8) is 0 Å². The van der Waals surface area contributed by atoms with Crippen LogP contribution in [0.25, 0.3) is 0 Å². The summed E-state index contributed by atoms with van der Waals surface area (Å²) in [5, 5.41) is 10.9. The van der Waals surface area contributed by atoms with Crippen LogP contribution in [0, 0.1) is 10.1 Å². The lowest BCUT2D eigenvalue weighted by molar-refractivity contribution is -0.396. The van der Waals surface area contributed by atoms with E-state index in [0.717, 1.165) is 14.6 Å². The Bertz CT molecular complexity index is 912. The first-order valence-corrected chi connectivity index (χ1v) is 11.0. The molecule has 0 aliphatic heterocycles. The van der Waals surface area contributed by atoms with Gasteiger partial charge in [0.1, 0.15) is 17.6 Å². The Morgan fingerprint density at radius 3 is 2.14 bits per heavy atom. The minimum Gasteiger partial charge on any atom is -0.390 e. The van der Waals surface area contributed by atoms with E-state index in [-0.39, 0.29) is 5.69 Å². The van der Waals surface area contributed by atoms with Gasteiger partial charge >= 0.3 is 5.95 Å². The Morgan fingerprint density at radius 2 is 1.68 bits per heavy atom. The summed E-state index contributed by atoms with van der Waals surface area (Å²) in [6, 6.07) is 6.98. The standard InChI is InChI=1S/C16H21Cl2N5O4S/c1-20-15(11-19-16(20)23(24)25)12-28(26,27)21(2)13-3-5-14(6-4-13)22(9-7-17)10-8-18/h3-6,11H,7-10,12H2,1-2H3. The number of anilines is 2. The lowest BCUT2D eigenvalue weighted by Gasteiger charge is -2.24. The molecule has 0 saturated heterocycles. The Hall–Kier alpha value is -2.04. The molecule has 1 heterocycles. The lowest BCUT2D eigenvalue weighted by atomic mass is 10.2. The topological polar surface area (TPSA) is 102 Å². The summed E-state index contributed by atoms with van der Waals surface area (Å²) in [5.41, 5.74) is 1.58. The van der Waals surface area contributed by atoms with Gasteiger partial charge in [0.05, 0.1) is 12.7 Å². The number of halogens is 2. The van der Waals surface area contributed by atoms with E-state index in [1.54, 1.807) is 24.3 Å². The molecular formula is C16H21Cl2N5O4S. The zero-order chi connectivity index (χ0) is 20.9. The molecular weight excluding hydrogens is 429 g/mol. The second-order valence-electron chi connectivity index (χ2n) is 5.97. The molecule has 0 aliphatic rings. The van der Waals surface area contributed by atoms with Gasteiger partial charge in [-0.3, -0.25) is 4.31 Å². The van der Waals surface area contributed by atoms with E-state index in [2.05, 4.69) is 4.98 Å². The Kier molecular flexibility index (Phi) is 7.50. The van der Waals surface area contributed by atoms with Crippen LogP contribution in [-0.2, 0) is 22.8 Å². The lowest BCUT2D eigenvalue weighted by Crippen LogP contribution is -2.29. The number of aromatic nitrogens is 2. The van der Waals surface area contributed by atoms with Gasteiger partial charge in [0, 0.05) is 37.6 Å². The van der Waals surface area contributed by atoms with Crippen LogP contribution >= 0.6 is 23.2 Å². The Morgan fingerprint density at radius 1 is 1.14 bits per heavy atom. The number of nitro groups is 1. The van der Waals surface area contributed by atoms with Crippen LogP contribution in [0.4, 0.5) is 17.3 Å². The third-order valence-electron chi connectivity index (χ3n) is 4.26. The van der Waals surface area contributed by atoms with Gasteiger partial charge in [-0.15, -0.1) is 23.2 Å². The molecule has 1 aromatic heterocycles. The molecule has 0 unspecified atom stereocenters. The molecule has 12 heteroatoms. The first-order valence-electron chi connectivity index (χ1n) is 8.29. The van der Waals surface area contributed by atoms with E-state index >= 15 is 0 Å². The van der Waals surface area contributed by atoms with E-state index in [4.69, 9.17) is 23.2 Å². The summed E-state index contributed by atoms with van der Waals surface area (Å²) in [6.45, 7) is 1.25. The zero-order valence-electron chi connectivity index (χ0n) is 15.5. The molecule has 154 valence electrons. The van der Waals surface area contributed by atoms with Crippen LogP contribution in [0.1, 0.15) is 5.69 Å². The zero-order valence-corrected chi connectivity index (χ0v) is 17.8. The number of rotatable bonds is 10. The molecule has 0 amide bonds. The summed E-state index contributed by atoms with van der Waals surface area (Å²) >= 11 is 11.6. The normalized spacial score (nSPS) is 11.4. The van der Waals surface area contributed by atoms with Gasteiger partial charge < -0.3 is 15.0 Å². The van der Waals surface area contributed by atoms with Gasteiger partial charge in [0.2, 0.25) is 10.0 Å². The highest BCUT2D eigenvalue weighted by molar-refractivity contribution is 7.92. The third-order valence-corrected chi connectivity index (χ3v) is 6.30. The highest BCUT2D eigenvalue weighted by atomic mass is 35.5. The second kappa shape index (κ2) is 9.44. The number of sulfonamides is 1. The van der Waals surface area contributed by atoms with Gasteiger partial charge in [-0.05, 0) is 29.2 Å². The van der Waals surface area contributed by atoms with Crippen molar-refractivity contribution in [1.29, 1.82) is 0 Å². The Labute approximate surface area is 173 Å². The molecule has 0 radical (unpaired) electrons. The van der Waals surface area contributed by atoms with Crippen molar-refractivity contribution in [3.8, 4) is 0 Å². The molecule has 0 fully saturated rings. The maximum Gasteiger partial charge on any atom is 0.434 e. The molecule has 28 heavy (non-hydrogen) atoms. The van der Waals surface area contributed by atoms with E-state index in [9.17, 15) is 18.5 Å². The van der Waals surface area contributed by atoms with Crippen LogP contribution in [-0.4, -0.2) is 54.8 Å². The number of hydrogen-bond donors (Lipinski definition) is 0. The van der Waals surface area contributed by atoms with Crippen molar-refractivity contribution in [2.45, 2.75) is 5.75 Å². The molecule has 0 aliphatic carbocycles. The van der Waals surface area contributed by atoms with Gasteiger partial charge in [-0.2, -0.15) is 0 Å². The molecule has 1 aromatic carbocycles. The monoisotopic (exact) mass is 449 g/mol. The molecule has 0 atom stereocenters. The molecule has 0 spiro atoms. The number of alkyl halides is 2. The Balaban J connectivity index is 2.19. The number of imidazole rings is 1. The van der Waals surface area contributed by atoms with Crippen molar-refractivity contribution in [1.82, 2.24) is 9.55 Å². The van der Waals surface area contributed by atoms with Crippen LogP contribution < -0.4 is 9.21 Å². The number of nitrogens with zero attached hydrogens (tertiary/aromatic N) is 5. The summed E-state index contributed by atoms with van der Waals surface area (Å²) in [4.78, 5) is 15.9. The fourth-order valence-electron chi connectivity index (χ4n) is 2.63. The van der Waals surface area contributed by atoms with Crippen molar-refractivity contribution in [2.24, 2.45) is 7.05 Å². The summed E-state index contributed by atoms with van der Waals surface area (Å²) < 4.78 is 27.7. The average Bonchev–Trinajstić information content (AvgIpc) is 3.01. The summed E-state index contributed by atoms with van der Waals surface area (Å²) in [7, 11) is -0.916. The predicted molar refractivity (Wildman–Crippen MR) is 111 cm³/mol. The van der Waals surface area contributed by atoms with E-state index in [1.165, 1.54) is 20.3 Å². The molecule has 0 N–H and O–H groups in total. The number of benzene rings is 1. The SMILES string of the molecule is CN(c1ccc(N(CCCl)CCCl)cc1)S(=O)(=O)Cc1cnc([N+](=O)[O-])n1C. The van der Waals surface area contributed by atoms with Gasteiger partial charge in [0.25, 0.3) is 0 Å². The molecule has 0 saturated carbocycles. The van der Waals surface area contributed by atoms with Gasteiger partial charge in [-0.1, -0.05) is 4.98 Å². The molecule has 2 rings (SSSR count). The minimum atomic E-state index is -3.76. The molecule has 9 nitrogen and oxygen atoms in total. The predicted octanol–water partition coefficient (Wildman–Crippen LogP) is 2.58. The molecule has 0 bridgehead atoms. The summed E-state index contributed by atoms with van der Waals surface area (Å²) in [6.07, 6.45) is 1.20. The first kappa shape index (κ1) is 22.3. The van der Waals surface area contributed by atoms with Crippen molar-refractivity contribution in [3.05, 3.63) is 46.3 Å². The van der Waals surface area contributed by atoms with Crippen molar-refractivity contribution >= 4 is 50.5 Å². The highest BCUT2D eigenvalue weighted by Crippen LogP contribution is 2.24. The number of hydrogen-bond acceptors (Lipinski definition) is 6. The molecule has 2 aromatic rings. The quantitative estimate of drug-likeness (QED) is 0.313. The third kappa shape index (κ3) is 5.06. The average molecular weight is 450 g/mol. The van der Waals surface area contributed by atoms with Crippen LogP contribution in [0.3, 0.4) is 0 Å². The minimum absolute atomic E-state index is 0.227. The highest BCUT2D eigenvalue weighted by Gasteiger charge is 2.26. The smallest absolute Gasteiger partial charge is 0.390 e. The van der Waals surface area contributed by atoms with Crippen LogP contribution in [0.2, 0.25) is 0 Å². The van der Waals surface area contributed by atoms with E-state index < -0.39 is 26.6 Å². The van der Waals surface area contributed by atoms with E-state index in [0.29, 0.717) is 30.5 Å². The summed E-state index contributed by atoms with van der Waals surface area (Å²) in [5.74, 6) is 0.0802. The van der Waals surface area contributed by atoms with Crippen molar-refractivity contribution < 1.29 is 13.3 Å². The maximum absolute atomic E-state index is 12.7.